The molecule has 2 heterocycles. The highest BCUT2D eigenvalue weighted by atomic mass is 16.5. The Kier molecular flexibility index (Phi) is 5.04. The van der Waals surface area contributed by atoms with Crippen LogP contribution in [0.15, 0.2) is 16.7 Å². The largest absolute Gasteiger partial charge is 0.381 e. The Balaban J connectivity index is 1.64. The number of hydrogen-bond donors (Lipinski definition) is 1. The Morgan fingerprint density at radius 3 is 2.81 bits per heavy atom. The minimum Gasteiger partial charge on any atom is -0.381 e. The van der Waals surface area contributed by atoms with E-state index in [-0.39, 0.29) is 6.04 Å². The third kappa shape index (κ3) is 3.92. The molecule has 2 atom stereocenters. The lowest BCUT2D eigenvalue weighted by molar-refractivity contribution is 0.0481. The van der Waals surface area contributed by atoms with E-state index in [9.17, 15) is 0 Å². The molecule has 0 spiro atoms. The second-order valence-electron chi connectivity index (χ2n) is 6.17. The summed E-state index contributed by atoms with van der Waals surface area (Å²) in [6.07, 6.45) is 10.4. The van der Waals surface area contributed by atoms with Crippen molar-refractivity contribution >= 4 is 0 Å². The van der Waals surface area contributed by atoms with Crippen LogP contribution in [0.25, 0.3) is 0 Å². The van der Waals surface area contributed by atoms with E-state index in [0.29, 0.717) is 11.7 Å². The predicted molar refractivity (Wildman–Crippen MR) is 79.8 cm³/mol. The fourth-order valence-corrected chi connectivity index (χ4v) is 3.28. The molecule has 116 valence electrons. The molecule has 1 aromatic rings. The Morgan fingerprint density at radius 1 is 1.29 bits per heavy atom. The van der Waals surface area contributed by atoms with Crippen LogP contribution in [-0.2, 0) is 4.74 Å². The van der Waals surface area contributed by atoms with Crippen molar-refractivity contribution in [1.29, 1.82) is 0 Å². The van der Waals surface area contributed by atoms with E-state index in [1.54, 1.807) is 0 Å². The molecule has 5 nitrogen and oxygen atoms in total. The molecule has 1 fully saturated rings. The molecule has 0 bridgehead atoms. The van der Waals surface area contributed by atoms with Gasteiger partial charge in [0.25, 0.3) is 0 Å². The van der Waals surface area contributed by atoms with Crippen molar-refractivity contribution in [2.24, 2.45) is 11.8 Å². The number of hydrogen-bond acceptors (Lipinski definition) is 5. The second-order valence-corrected chi connectivity index (χ2v) is 6.17. The van der Waals surface area contributed by atoms with Gasteiger partial charge in [0.2, 0.25) is 5.89 Å². The first-order chi connectivity index (χ1) is 10.3. The van der Waals surface area contributed by atoms with Gasteiger partial charge >= 0.3 is 0 Å². The number of allylic oxidation sites excluding steroid dienone is 2. The lowest BCUT2D eigenvalue weighted by atomic mass is 9.89. The molecule has 1 aromatic heterocycles. The molecule has 0 saturated carbocycles. The summed E-state index contributed by atoms with van der Waals surface area (Å²) in [4.78, 5) is 4.45. The lowest BCUT2D eigenvalue weighted by Crippen LogP contribution is -2.35. The van der Waals surface area contributed by atoms with Gasteiger partial charge in [-0.25, -0.2) is 0 Å². The molecule has 0 amide bonds. The van der Waals surface area contributed by atoms with E-state index >= 15 is 0 Å². The van der Waals surface area contributed by atoms with Gasteiger partial charge in [0, 0.05) is 13.2 Å². The number of aryl methyl sites for hydroxylation is 1. The van der Waals surface area contributed by atoms with Crippen molar-refractivity contribution < 1.29 is 9.26 Å². The van der Waals surface area contributed by atoms with Gasteiger partial charge in [-0.2, -0.15) is 4.98 Å². The predicted octanol–water partition coefficient (Wildman–Crippen LogP) is 2.79. The second kappa shape index (κ2) is 7.18. The SMILES string of the molecule is Cc1noc([C@@H](NC[C@H]2CC=CCC2)C2CCOCC2)n1. The zero-order valence-electron chi connectivity index (χ0n) is 12.8. The fraction of sp³-hybridized carbons (Fsp3) is 0.750. The van der Waals surface area contributed by atoms with E-state index in [2.05, 4.69) is 27.6 Å². The summed E-state index contributed by atoms with van der Waals surface area (Å²) < 4.78 is 10.9. The molecule has 1 aliphatic heterocycles. The first-order valence-corrected chi connectivity index (χ1v) is 8.09. The maximum Gasteiger partial charge on any atom is 0.244 e. The van der Waals surface area contributed by atoms with Gasteiger partial charge in [-0.15, -0.1) is 0 Å². The van der Waals surface area contributed by atoms with Crippen LogP contribution in [0.3, 0.4) is 0 Å². The molecular formula is C16H25N3O2. The molecule has 0 unspecified atom stereocenters. The van der Waals surface area contributed by atoms with E-state index in [0.717, 1.165) is 44.4 Å². The minimum absolute atomic E-state index is 0.168. The van der Waals surface area contributed by atoms with Crippen molar-refractivity contribution in [2.75, 3.05) is 19.8 Å². The smallest absolute Gasteiger partial charge is 0.244 e. The Morgan fingerprint density at radius 2 is 2.14 bits per heavy atom. The number of nitrogens with one attached hydrogen (secondary N) is 1. The summed E-state index contributed by atoms with van der Waals surface area (Å²) in [7, 11) is 0. The average Bonchev–Trinajstić information content (AvgIpc) is 2.96. The van der Waals surface area contributed by atoms with E-state index in [1.807, 2.05) is 6.92 Å². The van der Waals surface area contributed by atoms with Crippen LogP contribution >= 0.6 is 0 Å². The van der Waals surface area contributed by atoms with Gasteiger partial charge in [0.15, 0.2) is 5.82 Å². The minimum atomic E-state index is 0.168. The zero-order valence-corrected chi connectivity index (χ0v) is 12.8. The van der Waals surface area contributed by atoms with Crippen LogP contribution in [0.5, 0.6) is 0 Å². The highest BCUT2D eigenvalue weighted by molar-refractivity contribution is 4.97. The van der Waals surface area contributed by atoms with Crippen LogP contribution in [0, 0.1) is 18.8 Å². The summed E-state index contributed by atoms with van der Waals surface area (Å²) in [5.41, 5.74) is 0. The van der Waals surface area contributed by atoms with Gasteiger partial charge in [-0.1, -0.05) is 17.3 Å². The summed E-state index contributed by atoms with van der Waals surface area (Å²) in [6, 6.07) is 0.168. The van der Waals surface area contributed by atoms with Crippen molar-refractivity contribution in [3.8, 4) is 0 Å². The monoisotopic (exact) mass is 291 g/mol. The number of ether oxygens (including phenoxy) is 1. The normalized spacial score (nSPS) is 25.1. The molecule has 0 radical (unpaired) electrons. The maximum atomic E-state index is 5.48. The Bertz CT molecular complexity index is 466. The summed E-state index contributed by atoms with van der Waals surface area (Å²) in [5.74, 6) is 2.70. The van der Waals surface area contributed by atoms with Gasteiger partial charge < -0.3 is 14.6 Å². The molecule has 5 heteroatoms. The van der Waals surface area contributed by atoms with Gasteiger partial charge in [0.05, 0.1) is 6.04 Å². The van der Waals surface area contributed by atoms with Gasteiger partial charge in [0.1, 0.15) is 0 Å². The number of rotatable bonds is 5. The summed E-state index contributed by atoms with van der Waals surface area (Å²) in [5, 5.41) is 7.66. The lowest BCUT2D eigenvalue weighted by Gasteiger charge is -2.30. The van der Waals surface area contributed by atoms with Crippen LogP contribution in [0.2, 0.25) is 0 Å². The van der Waals surface area contributed by atoms with Crippen molar-refractivity contribution in [3.63, 3.8) is 0 Å². The molecule has 1 saturated heterocycles. The average molecular weight is 291 g/mol. The maximum absolute atomic E-state index is 5.48. The highest BCUT2D eigenvalue weighted by Crippen LogP contribution is 2.30. The van der Waals surface area contributed by atoms with Crippen LogP contribution < -0.4 is 5.32 Å². The molecule has 21 heavy (non-hydrogen) atoms. The highest BCUT2D eigenvalue weighted by Gasteiger charge is 2.30. The molecule has 1 aliphatic carbocycles. The molecular weight excluding hydrogens is 266 g/mol. The van der Waals surface area contributed by atoms with Crippen LogP contribution in [0.1, 0.15) is 49.9 Å². The Labute approximate surface area is 126 Å². The standard InChI is InChI=1S/C16H25N3O2/c1-12-18-16(21-19-12)15(14-7-9-20-10-8-14)17-11-13-5-3-2-4-6-13/h2-3,13-15,17H,4-11H2,1H3/t13-,15-/m0/s1. The Hall–Kier alpha value is -1.20. The first-order valence-electron chi connectivity index (χ1n) is 8.09. The molecule has 2 aliphatic rings. The van der Waals surface area contributed by atoms with E-state index < -0.39 is 0 Å². The molecule has 1 N–H and O–H groups in total. The molecule has 3 rings (SSSR count). The van der Waals surface area contributed by atoms with E-state index in [1.165, 1.54) is 19.3 Å². The summed E-state index contributed by atoms with van der Waals surface area (Å²) >= 11 is 0. The quantitative estimate of drug-likeness (QED) is 0.845. The third-order valence-corrected chi connectivity index (χ3v) is 4.55. The first kappa shape index (κ1) is 14.7. The molecule has 0 aromatic carbocycles. The van der Waals surface area contributed by atoms with Crippen LogP contribution in [0.4, 0.5) is 0 Å². The third-order valence-electron chi connectivity index (χ3n) is 4.55. The van der Waals surface area contributed by atoms with Gasteiger partial charge in [-0.3, -0.25) is 0 Å². The topological polar surface area (TPSA) is 60.2 Å². The number of nitrogens with zero attached hydrogens (tertiary/aromatic N) is 2. The zero-order chi connectivity index (χ0) is 14.5. The van der Waals surface area contributed by atoms with Crippen LogP contribution in [-0.4, -0.2) is 29.9 Å². The van der Waals surface area contributed by atoms with Crippen molar-refractivity contribution in [2.45, 2.75) is 45.1 Å². The van der Waals surface area contributed by atoms with E-state index in [4.69, 9.17) is 9.26 Å². The van der Waals surface area contributed by atoms with Crippen molar-refractivity contribution in [3.05, 3.63) is 23.9 Å². The fourth-order valence-electron chi connectivity index (χ4n) is 3.28. The van der Waals surface area contributed by atoms with Crippen molar-refractivity contribution in [1.82, 2.24) is 15.5 Å². The number of aromatic nitrogens is 2. The van der Waals surface area contributed by atoms with Gasteiger partial charge in [-0.05, 0) is 57.4 Å². The summed E-state index contributed by atoms with van der Waals surface area (Å²) in [6.45, 7) is 4.57.